The lowest BCUT2D eigenvalue weighted by atomic mass is 10.1. The summed E-state index contributed by atoms with van der Waals surface area (Å²) in [5.74, 6) is 0.420. The summed E-state index contributed by atoms with van der Waals surface area (Å²) < 4.78 is 0. The van der Waals surface area contributed by atoms with Crippen molar-refractivity contribution in [1.29, 1.82) is 0 Å². The largest absolute Gasteiger partial charge is 0.320 e. The summed E-state index contributed by atoms with van der Waals surface area (Å²) in [5, 5.41) is 14.6. The van der Waals surface area contributed by atoms with Crippen LogP contribution in [0.25, 0.3) is 22.2 Å². The van der Waals surface area contributed by atoms with Gasteiger partial charge in [-0.1, -0.05) is 23.5 Å². The molecule has 9 heteroatoms. The predicted molar refractivity (Wildman–Crippen MR) is 126 cm³/mol. The molecule has 0 atom stereocenters. The Hall–Kier alpha value is -4.11. The minimum absolute atomic E-state index is 0.222. The second-order valence-electron chi connectivity index (χ2n) is 7.29. The molecule has 5 aromatic rings. The number of aryl methyl sites for hydroxylation is 2. The number of hydrogen-bond acceptors (Lipinski definition) is 7. The van der Waals surface area contributed by atoms with E-state index in [9.17, 15) is 4.79 Å². The number of hydrogen-bond donors (Lipinski definition) is 3. The number of H-pyrrole nitrogens is 1. The zero-order valence-electron chi connectivity index (χ0n) is 17.4. The van der Waals surface area contributed by atoms with Gasteiger partial charge in [0.15, 0.2) is 5.13 Å². The number of nitrogens with zero attached hydrogens (tertiary/aromatic N) is 4. The molecule has 5 rings (SSSR count). The van der Waals surface area contributed by atoms with E-state index < -0.39 is 0 Å². The molecule has 0 saturated heterocycles. The summed E-state index contributed by atoms with van der Waals surface area (Å²) >= 11 is 1.26. The number of benzene rings is 1. The van der Waals surface area contributed by atoms with E-state index in [1.165, 1.54) is 11.3 Å². The first-order valence-electron chi connectivity index (χ1n) is 9.94. The lowest BCUT2D eigenvalue weighted by Gasteiger charge is -2.08. The third kappa shape index (κ3) is 3.93. The van der Waals surface area contributed by atoms with Crippen LogP contribution in [-0.4, -0.2) is 31.1 Å². The van der Waals surface area contributed by atoms with Gasteiger partial charge in [-0.25, -0.2) is 9.97 Å². The van der Waals surface area contributed by atoms with E-state index >= 15 is 0 Å². The van der Waals surface area contributed by atoms with Crippen LogP contribution < -0.4 is 10.6 Å². The lowest BCUT2D eigenvalue weighted by Crippen LogP contribution is -2.11. The van der Waals surface area contributed by atoms with Crippen molar-refractivity contribution < 1.29 is 4.79 Å². The molecule has 0 radical (unpaired) electrons. The monoisotopic (exact) mass is 441 g/mol. The minimum Gasteiger partial charge on any atom is -0.320 e. The molecule has 0 bridgehead atoms. The Morgan fingerprint density at radius 3 is 2.75 bits per heavy atom. The Labute approximate surface area is 187 Å². The van der Waals surface area contributed by atoms with E-state index in [0.717, 1.165) is 39.1 Å². The van der Waals surface area contributed by atoms with Crippen molar-refractivity contribution >= 4 is 44.8 Å². The SMILES string of the molecule is Cc1ccc(-c2cccc(Nc3ncc(C(=O)Nc4c(C)ccc5[nH]ncc45)s3)n2)cn1. The van der Waals surface area contributed by atoms with Crippen molar-refractivity contribution in [2.75, 3.05) is 10.6 Å². The van der Waals surface area contributed by atoms with E-state index in [0.29, 0.717) is 15.8 Å². The Bertz CT molecular complexity index is 1420. The minimum atomic E-state index is -0.222. The van der Waals surface area contributed by atoms with Crippen LogP contribution in [0.2, 0.25) is 0 Å². The van der Waals surface area contributed by atoms with Crippen LogP contribution in [0.15, 0.2) is 61.1 Å². The molecule has 0 aliphatic carbocycles. The molecule has 3 N–H and O–H groups in total. The average molecular weight is 442 g/mol. The summed E-state index contributed by atoms with van der Waals surface area (Å²) in [6.07, 6.45) is 5.07. The van der Waals surface area contributed by atoms with E-state index in [-0.39, 0.29) is 5.91 Å². The number of anilines is 3. The second kappa shape index (κ2) is 8.20. The van der Waals surface area contributed by atoms with Gasteiger partial charge in [0.1, 0.15) is 10.7 Å². The van der Waals surface area contributed by atoms with Crippen LogP contribution in [-0.2, 0) is 0 Å². The van der Waals surface area contributed by atoms with Crippen LogP contribution in [0.3, 0.4) is 0 Å². The van der Waals surface area contributed by atoms with Crippen molar-refractivity contribution in [3.8, 4) is 11.3 Å². The fourth-order valence-electron chi connectivity index (χ4n) is 3.30. The van der Waals surface area contributed by atoms with Crippen molar-refractivity contribution in [2.24, 2.45) is 0 Å². The molecule has 0 aliphatic heterocycles. The van der Waals surface area contributed by atoms with E-state index in [2.05, 4.69) is 35.8 Å². The molecule has 0 spiro atoms. The highest BCUT2D eigenvalue weighted by atomic mass is 32.1. The van der Waals surface area contributed by atoms with Crippen LogP contribution in [0.5, 0.6) is 0 Å². The van der Waals surface area contributed by atoms with Gasteiger partial charge in [0.05, 0.1) is 29.3 Å². The normalized spacial score (nSPS) is 10.9. The molecule has 1 aromatic carbocycles. The molecule has 4 aromatic heterocycles. The van der Waals surface area contributed by atoms with Gasteiger partial charge < -0.3 is 10.6 Å². The zero-order chi connectivity index (χ0) is 22.1. The highest BCUT2D eigenvalue weighted by Crippen LogP contribution is 2.28. The number of rotatable bonds is 5. The molecular formula is C23H19N7OS. The predicted octanol–water partition coefficient (Wildman–Crippen LogP) is 5.09. The molecular weight excluding hydrogens is 422 g/mol. The maximum absolute atomic E-state index is 12.8. The summed E-state index contributed by atoms with van der Waals surface area (Å²) in [5.41, 5.74) is 5.26. The van der Waals surface area contributed by atoms with Gasteiger partial charge in [0, 0.05) is 22.8 Å². The van der Waals surface area contributed by atoms with Crippen LogP contribution in [0.4, 0.5) is 16.6 Å². The molecule has 0 fully saturated rings. The highest BCUT2D eigenvalue weighted by Gasteiger charge is 2.15. The molecule has 32 heavy (non-hydrogen) atoms. The van der Waals surface area contributed by atoms with E-state index in [1.807, 2.05) is 56.3 Å². The number of carbonyl (C=O) groups excluding carboxylic acids is 1. The Morgan fingerprint density at radius 1 is 1.00 bits per heavy atom. The molecule has 0 unspecified atom stereocenters. The highest BCUT2D eigenvalue weighted by molar-refractivity contribution is 7.17. The van der Waals surface area contributed by atoms with Crippen LogP contribution in [0, 0.1) is 13.8 Å². The summed E-state index contributed by atoms with van der Waals surface area (Å²) in [6.45, 7) is 3.90. The quantitative estimate of drug-likeness (QED) is 0.351. The molecule has 1 amide bonds. The number of aromatic amines is 1. The number of carbonyl (C=O) groups is 1. The van der Waals surface area contributed by atoms with E-state index in [4.69, 9.17) is 0 Å². The molecule has 0 saturated carbocycles. The Morgan fingerprint density at radius 2 is 1.91 bits per heavy atom. The first kappa shape index (κ1) is 19.8. The number of pyridine rings is 2. The summed E-state index contributed by atoms with van der Waals surface area (Å²) in [6, 6.07) is 13.5. The standard InChI is InChI=1S/C23H19N7OS/c1-13-6-9-18-16(11-26-30-18)21(13)29-22(31)19-12-25-23(32-19)28-20-5-3-4-17(27-20)15-8-7-14(2)24-10-15/h3-12H,1-2H3,(H,26,30)(H,29,31)(H,25,27,28). The Balaban J connectivity index is 1.33. The zero-order valence-corrected chi connectivity index (χ0v) is 18.2. The van der Waals surface area contributed by atoms with Gasteiger partial charge in [-0.05, 0) is 49.7 Å². The fourth-order valence-corrected chi connectivity index (χ4v) is 4.02. The number of aromatic nitrogens is 5. The molecule has 0 aliphatic rings. The smallest absolute Gasteiger partial charge is 0.267 e. The van der Waals surface area contributed by atoms with Crippen molar-refractivity contribution in [3.63, 3.8) is 0 Å². The van der Waals surface area contributed by atoms with Crippen molar-refractivity contribution in [1.82, 2.24) is 25.1 Å². The van der Waals surface area contributed by atoms with Gasteiger partial charge in [-0.15, -0.1) is 0 Å². The fraction of sp³-hybridized carbons (Fsp3) is 0.0870. The third-order valence-corrected chi connectivity index (χ3v) is 5.90. The molecule has 8 nitrogen and oxygen atoms in total. The van der Waals surface area contributed by atoms with Gasteiger partial charge >= 0.3 is 0 Å². The van der Waals surface area contributed by atoms with Crippen LogP contribution >= 0.6 is 11.3 Å². The van der Waals surface area contributed by atoms with Gasteiger partial charge in [-0.3, -0.25) is 14.9 Å². The maximum atomic E-state index is 12.8. The third-order valence-electron chi connectivity index (χ3n) is 4.99. The summed E-state index contributed by atoms with van der Waals surface area (Å²) in [4.78, 5) is 26.6. The number of thiazole rings is 1. The Kier molecular flexibility index (Phi) is 5.08. The van der Waals surface area contributed by atoms with Gasteiger partial charge in [-0.2, -0.15) is 5.10 Å². The van der Waals surface area contributed by atoms with Crippen molar-refractivity contribution in [3.05, 3.63) is 77.2 Å². The topological polar surface area (TPSA) is 108 Å². The first-order valence-corrected chi connectivity index (χ1v) is 10.8. The number of fused-ring (bicyclic) bond motifs is 1. The van der Waals surface area contributed by atoms with Crippen LogP contribution in [0.1, 0.15) is 20.9 Å². The molecule has 158 valence electrons. The lowest BCUT2D eigenvalue weighted by molar-refractivity contribution is 0.103. The number of nitrogens with one attached hydrogen (secondary N) is 3. The van der Waals surface area contributed by atoms with E-state index in [1.54, 1.807) is 18.6 Å². The number of amides is 1. The molecule has 4 heterocycles. The first-order chi connectivity index (χ1) is 15.6. The average Bonchev–Trinajstić information content (AvgIpc) is 3.46. The maximum Gasteiger partial charge on any atom is 0.267 e. The van der Waals surface area contributed by atoms with Gasteiger partial charge in [0.25, 0.3) is 5.91 Å². The second-order valence-corrected chi connectivity index (χ2v) is 8.32. The van der Waals surface area contributed by atoms with Gasteiger partial charge in [0.2, 0.25) is 0 Å². The van der Waals surface area contributed by atoms with Crippen molar-refractivity contribution in [2.45, 2.75) is 13.8 Å². The summed E-state index contributed by atoms with van der Waals surface area (Å²) in [7, 11) is 0.